The standard InChI is InChI=1S/C9H9NO/c1-6-2-3-7-5-9(11)10-8(7)4-6/h2-4H,5H2,1H3,(H,10,11). The Kier molecular flexibility index (Phi) is 1.22. The van der Waals surface area contributed by atoms with E-state index in [9.17, 15) is 4.79 Å². The van der Waals surface area contributed by atoms with Crippen LogP contribution in [-0.2, 0) is 11.2 Å². The van der Waals surface area contributed by atoms with Crippen molar-refractivity contribution in [3.8, 4) is 0 Å². The third-order valence-corrected chi connectivity index (χ3v) is 1.89. The van der Waals surface area contributed by atoms with Gasteiger partial charge in [-0.2, -0.15) is 0 Å². The Labute approximate surface area is 65.2 Å². The predicted octanol–water partition coefficient (Wildman–Crippen LogP) is 1.49. The van der Waals surface area contributed by atoms with Crippen LogP contribution < -0.4 is 5.32 Å². The molecule has 0 spiro atoms. The van der Waals surface area contributed by atoms with Crippen LogP contribution in [0.3, 0.4) is 0 Å². The lowest BCUT2D eigenvalue weighted by Gasteiger charge is -1.97. The van der Waals surface area contributed by atoms with Gasteiger partial charge in [0.1, 0.15) is 0 Å². The van der Waals surface area contributed by atoms with Gasteiger partial charge in [-0.15, -0.1) is 0 Å². The lowest BCUT2D eigenvalue weighted by atomic mass is 10.1. The minimum Gasteiger partial charge on any atom is -0.326 e. The Balaban J connectivity index is 2.51. The van der Waals surface area contributed by atoms with Crippen LogP contribution in [0.1, 0.15) is 11.1 Å². The molecule has 1 aliphatic rings. The highest BCUT2D eigenvalue weighted by Gasteiger charge is 2.16. The van der Waals surface area contributed by atoms with Gasteiger partial charge in [-0.1, -0.05) is 12.1 Å². The van der Waals surface area contributed by atoms with Gasteiger partial charge >= 0.3 is 0 Å². The van der Waals surface area contributed by atoms with Gasteiger partial charge in [0.2, 0.25) is 5.91 Å². The van der Waals surface area contributed by atoms with Crippen molar-refractivity contribution in [2.75, 3.05) is 5.32 Å². The van der Waals surface area contributed by atoms with E-state index in [0.29, 0.717) is 6.42 Å². The minimum atomic E-state index is 0.102. The van der Waals surface area contributed by atoms with Crippen molar-refractivity contribution in [2.24, 2.45) is 0 Å². The molecule has 1 N–H and O–H groups in total. The zero-order valence-corrected chi connectivity index (χ0v) is 6.35. The molecule has 2 heteroatoms. The summed E-state index contributed by atoms with van der Waals surface area (Å²) in [5.41, 5.74) is 3.28. The Morgan fingerprint density at radius 1 is 1.45 bits per heavy atom. The molecule has 0 aromatic heterocycles. The molecule has 1 aliphatic heterocycles. The molecule has 2 nitrogen and oxygen atoms in total. The molecule has 0 aliphatic carbocycles. The molecule has 0 radical (unpaired) electrons. The molecule has 0 atom stereocenters. The van der Waals surface area contributed by atoms with Crippen molar-refractivity contribution >= 4 is 11.6 Å². The summed E-state index contributed by atoms with van der Waals surface area (Å²) in [5, 5.41) is 2.80. The van der Waals surface area contributed by atoms with Crippen molar-refractivity contribution in [1.29, 1.82) is 0 Å². The highest BCUT2D eigenvalue weighted by atomic mass is 16.1. The van der Waals surface area contributed by atoms with Crippen LogP contribution in [0.2, 0.25) is 0 Å². The monoisotopic (exact) mass is 147 g/mol. The molecule has 0 saturated heterocycles. The Bertz CT molecular complexity index is 317. The average Bonchev–Trinajstić information content (AvgIpc) is 2.27. The van der Waals surface area contributed by atoms with Crippen molar-refractivity contribution in [3.63, 3.8) is 0 Å². The van der Waals surface area contributed by atoms with E-state index in [2.05, 4.69) is 5.32 Å². The summed E-state index contributed by atoms with van der Waals surface area (Å²) in [7, 11) is 0. The number of rotatable bonds is 0. The summed E-state index contributed by atoms with van der Waals surface area (Å²) < 4.78 is 0. The van der Waals surface area contributed by atoms with Gasteiger partial charge in [-0.3, -0.25) is 4.79 Å². The summed E-state index contributed by atoms with van der Waals surface area (Å²) in [6, 6.07) is 6.03. The zero-order valence-electron chi connectivity index (χ0n) is 6.35. The number of carbonyl (C=O) groups excluding carboxylic acids is 1. The summed E-state index contributed by atoms with van der Waals surface area (Å²) in [5.74, 6) is 0.102. The number of hydrogen-bond donors (Lipinski definition) is 1. The number of aryl methyl sites for hydroxylation is 1. The fourth-order valence-corrected chi connectivity index (χ4v) is 1.33. The molecule has 11 heavy (non-hydrogen) atoms. The van der Waals surface area contributed by atoms with E-state index in [0.717, 1.165) is 11.3 Å². The van der Waals surface area contributed by atoms with E-state index in [-0.39, 0.29) is 5.91 Å². The Morgan fingerprint density at radius 3 is 3.09 bits per heavy atom. The number of hydrogen-bond acceptors (Lipinski definition) is 1. The van der Waals surface area contributed by atoms with E-state index in [1.54, 1.807) is 0 Å². The molecular formula is C9H9NO. The highest BCUT2D eigenvalue weighted by Crippen LogP contribution is 2.23. The zero-order chi connectivity index (χ0) is 7.84. The van der Waals surface area contributed by atoms with Gasteiger partial charge in [-0.25, -0.2) is 0 Å². The quantitative estimate of drug-likeness (QED) is 0.591. The predicted molar refractivity (Wildman–Crippen MR) is 43.5 cm³/mol. The minimum absolute atomic E-state index is 0.102. The number of carbonyl (C=O) groups is 1. The molecular weight excluding hydrogens is 138 g/mol. The van der Waals surface area contributed by atoms with Gasteiger partial charge in [-0.05, 0) is 24.1 Å². The van der Waals surface area contributed by atoms with Crippen molar-refractivity contribution in [1.82, 2.24) is 0 Å². The number of amides is 1. The summed E-state index contributed by atoms with van der Waals surface area (Å²) in [4.78, 5) is 10.9. The molecule has 1 heterocycles. The number of nitrogens with one attached hydrogen (secondary N) is 1. The maximum Gasteiger partial charge on any atom is 0.228 e. The topological polar surface area (TPSA) is 29.1 Å². The molecule has 2 rings (SSSR count). The molecule has 1 aromatic carbocycles. The second kappa shape index (κ2) is 2.09. The molecule has 0 fully saturated rings. The van der Waals surface area contributed by atoms with Crippen LogP contribution in [0.5, 0.6) is 0 Å². The first-order chi connectivity index (χ1) is 5.25. The van der Waals surface area contributed by atoms with Gasteiger partial charge in [0, 0.05) is 5.69 Å². The van der Waals surface area contributed by atoms with Crippen LogP contribution in [0.15, 0.2) is 18.2 Å². The van der Waals surface area contributed by atoms with Crippen molar-refractivity contribution in [3.05, 3.63) is 29.3 Å². The molecule has 0 saturated carbocycles. The van der Waals surface area contributed by atoms with Gasteiger partial charge in [0.25, 0.3) is 0 Å². The van der Waals surface area contributed by atoms with Crippen LogP contribution in [-0.4, -0.2) is 5.91 Å². The third-order valence-electron chi connectivity index (χ3n) is 1.89. The number of fused-ring (bicyclic) bond motifs is 1. The van der Waals surface area contributed by atoms with Gasteiger partial charge in [0.15, 0.2) is 0 Å². The smallest absolute Gasteiger partial charge is 0.228 e. The summed E-state index contributed by atoms with van der Waals surface area (Å²) in [6.07, 6.45) is 0.537. The molecule has 0 unspecified atom stereocenters. The molecule has 56 valence electrons. The lowest BCUT2D eigenvalue weighted by molar-refractivity contribution is -0.115. The van der Waals surface area contributed by atoms with Crippen molar-refractivity contribution in [2.45, 2.75) is 13.3 Å². The third kappa shape index (κ3) is 1.00. The highest BCUT2D eigenvalue weighted by molar-refractivity contribution is 5.99. The second-order valence-corrected chi connectivity index (χ2v) is 2.89. The second-order valence-electron chi connectivity index (χ2n) is 2.89. The lowest BCUT2D eigenvalue weighted by Crippen LogP contribution is -2.03. The van der Waals surface area contributed by atoms with E-state index in [1.807, 2.05) is 25.1 Å². The molecule has 1 aromatic rings. The van der Waals surface area contributed by atoms with Crippen LogP contribution in [0.4, 0.5) is 5.69 Å². The first-order valence-corrected chi connectivity index (χ1v) is 3.65. The Morgan fingerprint density at radius 2 is 2.27 bits per heavy atom. The fourth-order valence-electron chi connectivity index (χ4n) is 1.33. The maximum absolute atomic E-state index is 10.9. The maximum atomic E-state index is 10.9. The summed E-state index contributed by atoms with van der Waals surface area (Å²) in [6.45, 7) is 2.02. The average molecular weight is 147 g/mol. The SMILES string of the molecule is Cc1ccc2c(c1)NC(=O)C2. The van der Waals surface area contributed by atoms with E-state index in [1.165, 1.54) is 5.56 Å². The number of benzene rings is 1. The normalized spacial score (nSPS) is 14.5. The van der Waals surface area contributed by atoms with E-state index in [4.69, 9.17) is 0 Å². The first kappa shape index (κ1) is 6.40. The van der Waals surface area contributed by atoms with Crippen LogP contribution in [0, 0.1) is 6.92 Å². The first-order valence-electron chi connectivity index (χ1n) is 3.65. The fraction of sp³-hybridized carbons (Fsp3) is 0.222. The largest absolute Gasteiger partial charge is 0.326 e. The van der Waals surface area contributed by atoms with Crippen LogP contribution in [0.25, 0.3) is 0 Å². The van der Waals surface area contributed by atoms with Gasteiger partial charge < -0.3 is 5.32 Å². The Hall–Kier alpha value is -1.31. The van der Waals surface area contributed by atoms with Crippen LogP contribution >= 0.6 is 0 Å². The molecule has 0 bridgehead atoms. The van der Waals surface area contributed by atoms with E-state index >= 15 is 0 Å². The summed E-state index contributed by atoms with van der Waals surface area (Å²) >= 11 is 0. The van der Waals surface area contributed by atoms with Crippen molar-refractivity contribution < 1.29 is 4.79 Å². The van der Waals surface area contributed by atoms with Gasteiger partial charge in [0.05, 0.1) is 6.42 Å². The number of anilines is 1. The molecule has 1 amide bonds. The van der Waals surface area contributed by atoms with E-state index < -0.39 is 0 Å².